The highest BCUT2D eigenvalue weighted by Crippen LogP contribution is 2.22. The molecule has 0 aliphatic carbocycles. The van der Waals surface area contributed by atoms with Gasteiger partial charge in [0.25, 0.3) is 0 Å². The Hall–Kier alpha value is -1.91. The maximum atomic E-state index is 12.0. The molecule has 0 unspecified atom stereocenters. The number of rotatable bonds is 1. The monoisotopic (exact) mass is 321 g/mol. The second-order valence-corrected chi connectivity index (χ2v) is 6.56. The Balaban J connectivity index is 0.00000127. The lowest BCUT2D eigenvalue weighted by atomic mass is 10.1. The number of aryl methyl sites for hydroxylation is 1. The van der Waals surface area contributed by atoms with E-state index in [1.807, 2.05) is 53.7 Å². The van der Waals surface area contributed by atoms with Crippen molar-refractivity contribution < 1.29 is 9.53 Å². The summed E-state index contributed by atoms with van der Waals surface area (Å²) in [6.07, 6.45) is -0.231. The van der Waals surface area contributed by atoms with Gasteiger partial charge in [-0.2, -0.15) is 0 Å². The van der Waals surface area contributed by atoms with E-state index in [0.29, 0.717) is 13.1 Å². The highest BCUT2D eigenvalue weighted by Gasteiger charge is 2.25. The van der Waals surface area contributed by atoms with Gasteiger partial charge in [-0.15, -0.1) is 0 Å². The molecule has 0 radical (unpaired) electrons. The van der Waals surface area contributed by atoms with Crippen LogP contribution in [-0.4, -0.2) is 42.8 Å². The van der Waals surface area contributed by atoms with E-state index >= 15 is 0 Å². The standard InChI is InChI=1S/C16H25N3O2.C2H6/c1-12-9-13(17)11-14(10-12)18-5-7-19(8-6-18)15(20)21-16(2,3)4;1-2/h9-11H,5-8,17H2,1-4H3;1-2H3. The molecule has 2 N–H and O–H groups in total. The van der Waals surface area contributed by atoms with Crippen molar-refractivity contribution in [2.45, 2.75) is 47.1 Å². The number of anilines is 2. The molecule has 1 aromatic rings. The molecule has 0 bridgehead atoms. The van der Waals surface area contributed by atoms with E-state index in [0.717, 1.165) is 30.0 Å². The van der Waals surface area contributed by atoms with Crippen molar-refractivity contribution >= 4 is 17.5 Å². The van der Waals surface area contributed by atoms with Crippen LogP contribution in [0.4, 0.5) is 16.2 Å². The summed E-state index contributed by atoms with van der Waals surface area (Å²) < 4.78 is 5.40. The SMILES string of the molecule is CC.Cc1cc(N)cc(N2CCN(C(=O)OC(C)(C)C)CC2)c1. The predicted molar refractivity (Wildman–Crippen MR) is 97.0 cm³/mol. The molecule has 1 aliphatic rings. The fraction of sp³-hybridized carbons (Fsp3) is 0.611. The molecular formula is C18H31N3O2. The van der Waals surface area contributed by atoms with Crippen LogP contribution >= 0.6 is 0 Å². The second-order valence-electron chi connectivity index (χ2n) is 6.56. The molecule has 1 saturated heterocycles. The van der Waals surface area contributed by atoms with Gasteiger partial charge in [-0.25, -0.2) is 4.79 Å². The number of hydrogen-bond acceptors (Lipinski definition) is 4. The molecule has 5 heteroatoms. The summed E-state index contributed by atoms with van der Waals surface area (Å²) in [5.41, 5.74) is 8.51. The zero-order valence-electron chi connectivity index (χ0n) is 15.3. The van der Waals surface area contributed by atoms with Crippen molar-refractivity contribution in [3.63, 3.8) is 0 Å². The number of piperazine rings is 1. The van der Waals surface area contributed by atoms with Crippen LogP contribution in [0, 0.1) is 6.92 Å². The number of amides is 1. The van der Waals surface area contributed by atoms with Gasteiger partial charge in [-0.05, 0) is 51.5 Å². The minimum absolute atomic E-state index is 0.231. The first-order chi connectivity index (χ1) is 10.7. The molecule has 130 valence electrons. The first-order valence-corrected chi connectivity index (χ1v) is 8.35. The normalized spacial score (nSPS) is 14.9. The number of carbonyl (C=O) groups excluding carboxylic acids is 1. The predicted octanol–water partition coefficient (Wildman–Crippen LogP) is 3.66. The van der Waals surface area contributed by atoms with Crippen LogP contribution in [-0.2, 0) is 4.74 Å². The lowest BCUT2D eigenvalue weighted by Crippen LogP contribution is -2.50. The molecule has 1 heterocycles. The van der Waals surface area contributed by atoms with Crippen molar-refractivity contribution in [1.29, 1.82) is 0 Å². The van der Waals surface area contributed by atoms with E-state index in [1.165, 1.54) is 0 Å². The number of nitrogen functional groups attached to an aromatic ring is 1. The molecule has 0 saturated carbocycles. The van der Waals surface area contributed by atoms with Crippen molar-refractivity contribution in [2.24, 2.45) is 0 Å². The highest BCUT2D eigenvalue weighted by atomic mass is 16.6. The lowest BCUT2D eigenvalue weighted by molar-refractivity contribution is 0.0240. The number of hydrogen-bond donors (Lipinski definition) is 1. The van der Waals surface area contributed by atoms with Crippen LogP contribution in [0.3, 0.4) is 0 Å². The van der Waals surface area contributed by atoms with Crippen LogP contribution in [0.5, 0.6) is 0 Å². The summed E-state index contributed by atoms with van der Waals surface area (Å²) in [4.78, 5) is 16.0. The fourth-order valence-electron chi connectivity index (χ4n) is 2.45. The third-order valence-corrected chi connectivity index (χ3v) is 3.38. The van der Waals surface area contributed by atoms with Gasteiger partial charge < -0.3 is 20.3 Å². The lowest BCUT2D eigenvalue weighted by Gasteiger charge is -2.37. The van der Waals surface area contributed by atoms with Gasteiger partial charge in [0.2, 0.25) is 0 Å². The molecular weight excluding hydrogens is 290 g/mol. The van der Waals surface area contributed by atoms with Crippen molar-refractivity contribution in [3.05, 3.63) is 23.8 Å². The largest absolute Gasteiger partial charge is 0.444 e. The summed E-state index contributed by atoms with van der Waals surface area (Å²) in [7, 11) is 0. The van der Waals surface area contributed by atoms with Crippen LogP contribution in [0.15, 0.2) is 18.2 Å². The Bertz CT molecular complexity index is 495. The molecule has 0 atom stereocenters. The number of benzene rings is 1. The maximum Gasteiger partial charge on any atom is 0.410 e. The molecule has 23 heavy (non-hydrogen) atoms. The second kappa shape index (κ2) is 8.09. The van der Waals surface area contributed by atoms with Gasteiger partial charge in [0, 0.05) is 37.6 Å². The molecule has 0 aromatic heterocycles. The van der Waals surface area contributed by atoms with Gasteiger partial charge in [-0.1, -0.05) is 13.8 Å². The molecule has 1 aromatic carbocycles. The molecule has 5 nitrogen and oxygen atoms in total. The highest BCUT2D eigenvalue weighted by molar-refractivity contribution is 5.69. The van der Waals surface area contributed by atoms with Crippen molar-refractivity contribution in [1.82, 2.24) is 4.90 Å². The van der Waals surface area contributed by atoms with Gasteiger partial charge in [0.05, 0.1) is 0 Å². The first-order valence-electron chi connectivity index (χ1n) is 8.35. The van der Waals surface area contributed by atoms with E-state index < -0.39 is 5.60 Å². The average molecular weight is 321 g/mol. The quantitative estimate of drug-likeness (QED) is 0.802. The number of carbonyl (C=O) groups is 1. The van der Waals surface area contributed by atoms with E-state index in [1.54, 1.807) is 4.90 Å². The van der Waals surface area contributed by atoms with Crippen LogP contribution < -0.4 is 10.6 Å². The van der Waals surface area contributed by atoms with Gasteiger partial charge in [0.1, 0.15) is 5.60 Å². The van der Waals surface area contributed by atoms with E-state index in [9.17, 15) is 4.79 Å². The minimum Gasteiger partial charge on any atom is -0.444 e. The summed E-state index contributed by atoms with van der Waals surface area (Å²) in [6.45, 7) is 14.6. The third-order valence-electron chi connectivity index (χ3n) is 3.38. The van der Waals surface area contributed by atoms with E-state index in [-0.39, 0.29) is 6.09 Å². The van der Waals surface area contributed by atoms with Gasteiger partial charge in [0.15, 0.2) is 0 Å². The Labute approximate surface area is 140 Å². The Morgan fingerprint density at radius 3 is 2.13 bits per heavy atom. The summed E-state index contributed by atoms with van der Waals surface area (Å²) >= 11 is 0. The van der Waals surface area contributed by atoms with Crippen molar-refractivity contribution in [2.75, 3.05) is 36.8 Å². The van der Waals surface area contributed by atoms with E-state index in [4.69, 9.17) is 10.5 Å². The maximum absolute atomic E-state index is 12.0. The molecule has 1 amide bonds. The average Bonchev–Trinajstić information content (AvgIpc) is 2.47. The van der Waals surface area contributed by atoms with Crippen LogP contribution in [0.2, 0.25) is 0 Å². The zero-order chi connectivity index (χ0) is 17.6. The molecule has 0 spiro atoms. The molecule has 1 fully saturated rings. The number of nitrogens with two attached hydrogens (primary N) is 1. The molecule has 2 rings (SSSR count). The fourth-order valence-corrected chi connectivity index (χ4v) is 2.45. The summed E-state index contributed by atoms with van der Waals surface area (Å²) in [5, 5.41) is 0. The smallest absolute Gasteiger partial charge is 0.410 e. The topological polar surface area (TPSA) is 58.8 Å². The minimum atomic E-state index is -0.445. The summed E-state index contributed by atoms with van der Waals surface area (Å²) in [5.74, 6) is 0. The van der Waals surface area contributed by atoms with E-state index in [2.05, 4.69) is 11.0 Å². The van der Waals surface area contributed by atoms with Crippen molar-refractivity contribution in [3.8, 4) is 0 Å². The van der Waals surface area contributed by atoms with Crippen LogP contribution in [0.25, 0.3) is 0 Å². The van der Waals surface area contributed by atoms with Gasteiger partial charge >= 0.3 is 6.09 Å². The first kappa shape index (κ1) is 19.1. The Morgan fingerprint density at radius 2 is 1.65 bits per heavy atom. The summed E-state index contributed by atoms with van der Waals surface area (Å²) in [6, 6.07) is 6.07. The molecule has 1 aliphatic heterocycles. The zero-order valence-corrected chi connectivity index (χ0v) is 15.3. The number of nitrogens with zero attached hydrogens (tertiary/aromatic N) is 2. The van der Waals surface area contributed by atoms with Crippen LogP contribution in [0.1, 0.15) is 40.2 Å². The number of ether oxygens (including phenoxy) is 1. The van der Waals surface area contributed by atoms with Gasteiger partial charge in [-0.3, -0.25) is 0 Å². The Kier molecular flexibility index (Phi) is 6.73. The Morgan fingerprint density at radius 1 is 1.09 bits per heavy atom. The third kappa shape index (κ3) is 6.00.